The lowest BCUT2D eigenvalue weighted by atomic mass is 9.93. The third kappa shape index (κ3) is 4.92. The Morgan fingerprint density at radius 3 is 2.48 bits per heavy atom. The maximum absolute atomic E-state index is 13.6. The Morgan fingerprint density at radius 2 is 1.86 bits per heavy atom. The molecule has 0 unspecified atom stereocenters. The van der Waals surface area contributed by atoms with Gasteiger partial charge in [-0.2, -0.15) is 0 Å². The van der Waals surface area contributed by atoms with Crippen molar-refractivity contribution < 1.29 is 19.4 Å². The van der Waals surface area contributed by atoms with Crippen LogP contribution in [0.1, 0.15) is 17.2 Å². The van der Waals surface area contributed by atoms with E-state index in [0.717, 1.165) is 21.9 Å². The number of anilines is 1. The molecule has 154 valence electrons. The summed E-state index contributed by atoms with van der Waals surface area (Å²) in [4.78, 5) is 30.0. The van der Waals surface area contributed by atoms with Crippen LogP contribution < -0.4 is 9.64 Å². The van der Waals surface area contributed by atoms with E-state index in [0.29, 0.717) is 13.1 Å². The maximum Gasteiger partial charge on any atom is 0.304 e. The van der Waals surface area contributed by atoms with Gasteiger partial charge in [-0.15, -0.1) is 11.8 Å². The highest BCUT2D eigenvalue weighted by atomic mass is 32.2. The first-order chi connectivity index (χ1) is 13.9. The molecule has 3 rings (SSSR count). The summed E-state index contributed by atoms with van der Waals surface area (Å²) in [7, 11) is 5.51. The van der Waals surface area contributed by atoms with Crippen LogP contribution in [0, 0.1) is 5.92 Å². The van der Waals surface area contributed by atoms with Gasteiger partial charge in [-0.25, -0.2) is 0 Å². The van der Waals surface area contributed by atoms with E-state index >= 15 is 0 Å². The smallest absolute Gasteiger partial charge is 0.304 e. The summed E-state index contributed by atoms with van der Waals surface area (Å²) in [6.07, 6.45) is -0.213. The molecule has 0 bridgehead atoms. The van der Waals surface area contributed by atoms with Crippen molar-refractivity contribution in [1.82, 2.24) is 4.90 Å². The molecule has 7 heteroatoms. The SMILES string of the molecule is COc1ccc([C@H]2Sc3ccccc3N(CCN(C)C)C(=O)[C@@H]2CC(=O)O)cc1. The van der Waals surface area contributed by atoms with Gasteiger partial charge >= 0.3 is 5.97 Å². The van der Waals surface area contributed by atoms with Crippen molar-refractivity contribution in [3.8, 4) is 5.75 Å². The lowest BCUT2D eigenvalue weighted by molar-refractivity contribution is -0.140. The maximum atomic E-state index is 13.6. The van der Waals surface area contributed by atoms with Crippen molar-refractivity contribution in [1.29, 1.82) is 0 Å². The average Bonchev–Trinajstić information content (AvgIpc) is 2.81. The third-order valence-corrected chi connectivity index (χ3v) is 6.42. The number of methoxy groups -OCH3 is 1. The first-order valence-electron chi connectivity index (χ1n) is 9.48. The van der Waals surface area contributed by atoms with Gasteiger partial charge in [0.2, 0.25) is 5.91 Å². The lowest BCUT2D eigenvalue weighted by Gasteiger charge is -2.28. The highest BCUT2D eigenvalue weighted by Crippen LogP contribution is 2.49. The van der Waals surface area contributed by atoms with Crippen molar-refractivity contribution >= 4 is 29.3 Å². The van der Waals surface area contributed by atoms with Gasteiger partial charge in [-0.1, -0.05) is 24.3 Å². The summed E-state index contributed by atoms with van der Waals surface area (Å²) < 4.78 is 5.24. The fourth-order valence-electron chi connectivity index (χ4n) is 3.45. The molecule has 1 amide bonds. The van der Waals surface area contributed by atoms with Crippen LogP contribution in [0.2, 0.25) is 0 Å². The highest BCUT2D eigenvalue weighted by molar-refractivity contribution is 7.99. The van der Waals surface area contributed by atoms with E-state index in [1.54, 1.807) is 23.8 Å². The number of aliphatic carboxylic acids is 1. The van der Waals surface area contributed by atoms with Gasteiger partial charge in [0.25, 0.3) is 0 Å². The first-order valence-corrected chi connectivity index (χ1v) is 10.4. The molecule has 0 aliphatic carbocycles. The summed E-state index contributed by atoms with van der Waals surface area (Å²) in [6.45, 7) is 1.20. The van der Waals surface area contributed by atoms with Gasteiger partial charge in [0.05, 0.1) is 25.1 Å². The zero-order chi connectivity index (χ0) is 21.0. The van der Waals surface area contributed by atoms with E-state index in [4.69, 9.17) is 4.74 Å². The number of hydrogen-bond acceptors (Lipinski definition) is 5. The van der Waals surface area contributed by atoms with Crippen molar-refractivity contribution in [2.45, 2.75) is 16.6 Å². The minimum absolute atomic E-state index is 0.146. The molecule has 1 N–H and O–H groups in total. The number of para-hydroxylation sites is 1. The quantitative estimate of drug-likeness (QED) is 0.748. The van der Waals surface area contributed by atoms with E-state index in [1.165, 1.54) is 0 Å². The standard InChI is InChI=1S/C22H26N2O4S/c1-23(2)12-13-24-18-6-4-5-7-19(18)29-21(17(22(24)27)14-20(25)26)15-8-10-16(28-3)11-9-15/h4-11,17,21H,12-14H2,1-3H3,(H,25,26)/t17-,21-/m1/s1. The molecular formula is C22H26N2O4S. The number of carboxylic acid groups (broad SMARTS) is 1. The number of amides is 1. The van der Waals surface area contributed by atoms with Crippen molar-refractivity contribution in [3.63, 3.8) is 0 Å². The number of hydrogen-bond donors (Lipinski definition) is 1. The molecule has 29 heavy (non-hydrogen) atoms. The van der Waals surface area contributed by atoms with Crippen LogP contribution in [0.15, 0.2) is 53.4 Å². The van der Waals surface area contributed by atoms with Crippen LogP contribution in [-0.2, 0) is 9.59 Å². The Morgan fingerprint density at radius 1 is 1.17 bits per heavy atom. The minimum atomic E-state index is -0.971. The van der Waals surface area contributed by atoms with E-state index in [-0.39, 0.29) is 17.6 Å². The second kappa shape index (κ2) is 9.33. The third-order valence-electron chi connectivity index (χ3n) is 4.97. The predicted octanol–water partition coefficient (Wildman–Crippen LogP) is 3.53. The molecule has 6 nitrogen and oxygen atoms in total. The number of ether oxygens (including phenoxy) is 1. The van der Waals surface area contributed by atoms with E-state index in [9.17, 15) is 14.7 Å². The molecule has 0 saturated heterocycles. The second-order valence-electron chi connectivity index (χ2n) is 7.28. The predicted molar refractivity (Wildman–Crippen MR) is 115 cm³/mol. The fraction of sp³-hybridized carbons (Fsp3) is 0.364. The Hall–Kier alpha value is -2.51. The zero-order valence-corrected chi connectivity index (χ0v) is 17.7. The normalized spacial score (nSPS) is 19.0. The number of rotatable bonds is 7. The Bertz CT molecular complexity index is 869. The minimum Gasteiger partial charge on any atom is -0.497 e. The van der Waals surface area contributed by atoms with Crippen molar-refractivity contribution in [3.05, 3.63) is 54.1 Å². The van der Waals surface area contributed by atoms with E-state index in [2.05, 4.69) is 0 Å². The van der Waals surface area contributed by atoms with E-state index in [1.807, 2.05) is 67.5 Å². The van der Waals surface area contributed by atoms with Gasteiger partial charge in [0.15, 0.2) is 0 Å². The number of fused-ring (bicyclic) bond motifs is 1. The number of carbonyl (C=O) groups excluding carboxylic acids is 1. The van der Waals surface area contributed by atoms with Crippen LogP contribution in [0.25, 0.3) is 0 Å². The number of benzene rings is 2. The lowest BCUT2D eigenvalue weighted by Crippen LogP contribution is -2.41. The average molecular weight is 415 g/mol. The van der Waals surface area contributed by atoms with Crippen LogP contribution in [-0.4, -0.2) is 56.2 Å². The Labute approximate surface area is 175 Å². The zero-order valence-electron chi connectivity index (χ0n) is 16.9. The summed E-state index contributed by atoms with van der Waals surface area (Å²) in [6, 6.07) is 15.3. The van der Waals surface area contributed by atoms with Crippen LogP contribution >= 0.6 is 11.8 Å². The van der Waals surface area contributed by atoms with Gasteiger partial charge in [0, 0.05) is 23.2 Å². The summed E-state index contributed by atoms with van der Waals surface area (Å²) in [5.74, 6) is -1.06. The molecule has 2 aromatic carbocycles. The van der Waals surface area contributed by atoms with Gasteiger partial charge in [0.1, 0.15) is 5.75 Å². The van der Waals surface area contributed by atoms with Gasteiger partial charge in [-0.3, -0.25) is 9.59 Å². The van der Waals surface area contributed by atoms with E-state index < -0.39 is 11.9 Å². The molecule has 0 aromatic heterocycles. The molecule has 0 spiro atoms. The molecule has 0 fully saturated rings. The Kier molecular flexibility index (Phi) is 6.82. The molecule has 2 atom stereocenters. The summed E-state index contributed by atoms with van der Waals surface area (Å²) in [5, 5.41) is 9.24. The van der Waals surface area contributed by atoms with Crippen LogP contribution in [0.4, 0.5) is 5.69 Å². The molecule has 0 saturated carbocycles. The molecule has 1 aliphatic rings. The topological polar surface area (TPSA) is 70.1 Å². The van der Waals surface area contributed by atoms with Crippen LogP contribution in [0.5, 0.6) is 5.75 Å². The van der Waals surface area contributed by atoms with Crippen LogP contribution in [0.3, 0.4) is 0 Å². The molecule has 1 aliphatic heterocycles. The first kappa shape index (κ1) is 21.2. The highest BCUT2D eigenvalue weighted by Gasteiger charge is 2.39. The van der Waals surface area contributed by atoms with Crippen molar-refractivity contribution in [2.75, 3.05) is 39.2 Å². The summed E-state index contributed by atoms with van der Waals surface area (Å²) in [5.41, 5.74) is 1.76. The molecule has 1 heterocycles. The number of carboxylic acids is 1. The molecule has 0 radical (unpaired) electrons. The number of likely N-dealkylation sites (N-methyl/N-ethyl adjacent to an activating group) is 1. The molecular weight excluding hydrogens is 388 g/mol. The molecule has 2 aromatic rings. The van der Waals surface area contributed by atoms with Crippen molar-refractivity contribution in [2.24, 2.45) is 5.92 Å². The Balaban J connectivity index is 2.06. The number of nitrogens with zero attached hydrogens (tertiary/aromatic N) is 2. The summed E-state index contributed by atoms with van der Waals surface area (Å²) >= 11 is 1.56. The fourth-order valence-corrected chi connectivity index (χ4v) is 4.85. The number of thioether (sulfide) groups is 1. The second-order valence-corrected chi connectivity index (χ2v) is 8.46. The monoisotopic (exact) mass is 414 g/mol. The van der Waals surface area contributed by atoms with Gasteiger partial charge in [-0.05, 0) is 43.9 Å². The number of carbonyl (C=O) groups is 2. The van der Waals surface area contributed by atoms with Gasteiger partial charge < -0.3 is 19.6 Å². The largest absolute Gasteiger partial charge is 0.497 e.